The second kappa shape index (κ2) is 7.14. The number of carbonyl (C=O) groups excluding carboxylic acids is 1. The summed E-state index contributed by atoms with van der Waals surface area (Å²) in [4.78, 5) is 13.7. The quantitative estimate of drug-likeness (QED) is 0.713. The Balaban J connectivity index is 1.48. The van der Waals surface area contributed by atoms with Crippen LogP contribution in [0.4, 0.5) is 8.78 Å². The molecule has 4 aliphatic carbocycles. The summed E-state index contributed by atoms with van der Waals surface area (Å²) < 4.78 is 28.1. The molecule has 4 bridgehead atoms. The Morgan fingerprint density at radius 3 is 2.69 bits per heavy atom. The Morgan fingerprint density at radius 2 is 1.93 bits per heavy atom. The monoisotopic (exact) mass is 401 g/mol. The van der Waals surface area contributed by atoms with Crippen LogP contribution in [-0.4, -0.2) is 31.7 Å². The molecule has 0 aromatic heterocycles. The second-order valence-electron chi connectivity index (χ2n) is 10.8. The van der Waals surface area contributed by atoms with Crippen LogP contribution >= 0.6 is 0 Å². The standard InChI is InChI=1S/C25H33F2NO/c26-8-7-23-11-18-12-24(15-23,20-4-2-1-3-5-20)17-25(13-18,16-23)22(29)10-19-6-9-28-14-21(19)27/h1-5,18-19,21,28H,6-17H2/t18?,19-,21-,23+,24+,25?/m0/s1. The highest BCUT2D eigenvalue weighted by atomic mass is 19.1. The normalized spacial score (nSPS) is 43.4. The minimum absolute atomic E-state index is 0.00522. The number of Topliss-reactive ketones (excluding diaryl/α,β-unsaturated/α-hetero) is 1. The number of piperidine rings is 1. The summed E-state index contributed by atoms with van der Waals surface area (Å²) in [6.45, 7) is 0.865. The molecule has 1 aromatic rings. The van der Waals surface area contributed by atoms with Crippen molar-refractivity contribution in [1.82, 2.24) is 5.32 Å². The molecule has 6 atom stereocenters. The molecule has 1 aliphatic heterocycles. The second-order valence-corrected chi connectivity index (χ2v) is 10.8. The van der Waals surface area contributed by atoms with Crippen LogP contribution in [0.15, 0.2) is 30.3 Å². The van der Waals surface area contributed by atoms with Gasteiger partial charge in [0.25, 0.3) is 0 Å². The van der Waals surface area contributed by atoms with Crippen molar-refractivity contribution in [2.75, 3.05) is 19.8 Å². The summed E-state index contributed by atoms with van der Waals surface area (Å²) in [5.41, 5.74) is 0.905. The molecule has 1 heterocycles. The summed E-state index contributed by atoms with van der Waals surface area (Å²) in [6.07, 6.45) is 6.62. The summed E-state index contributed by atoms with van der Waals surface area (Å²) >= 11 is 0. The molecule has 4 saturated carbocycles. The van der Waals surface area contributed by atoms with Gasteiger partial charge in [0, 0.05) is 18.4 Å². The van der Waals surface area contributed by atoms with E-state index in [2.05, 4.69) is 29.6 Å². The van der Waals surface area contributed by atoms with Crippen LogP contribution in [0.3, 0.4) is 0 Å². The minimum atomic E-state index is -0.926. The first-order valence-corrected chi connectivity index (χ1v) is 11.5. The maximum absolute atomic E-state index is 14.5. The maximum Gasteiger partial charge on any atom is 0.139 e. The fraction of sp³-hybridized carbons (Fsp3) is 0.720. The highest BCUT2D eigenvalue weighted by Gasteiger charge is 2.65. The molecule has 6 rings (SSSR count). The van der Waals surface area contributed by atoms with Crippen LogP contribution in [0.25, 0.3) is 0 Å². The van der Waals surface area contributed by atoms with E-state index in [9.17, 15) is 13.6 Å². The predicted molar refractivity (Wildman–Crippen MR) is 110 cm³/mol. The van der Waals surface area contributed by atoms with Gasteiger partial charge in [0.05, 0.1) is 6.67 Å². The fourth-order valence-corrected chi connectivity index (χ4v) is 8.10. The van der Waals surface area contributed by atoms with Gasteiger partial charge in [-0.15, -0.1) is 0 Å². The predicted octanol–water partition coefficient (Wildman–Crippen LogP) is 5.16. The van der Waals surface area contributed by atoms with Gasteiger partial charge in [-0.05, 0) is 86.1 Å². The van der Waals surface area contributed by atoms with Gasteiger partial charge >= 0.3 is 0 Å². The molecule has 0 spiro atoms. The first-order chi connectivity index (χ1) is 14.0. The number of nitrogens with one attached hydrogen (secondary N) is 1. The lowest BCUT2D eigenvalue weighted by Gasteiger charge is -2.66. The minimum Gasteiger partial charge on any atom is -0.314 e. The smallest absolute Gasteiger partial charge is 0.139 e. The maximum atomic E-state index is 14.5. The van der Waals surface area contributed by atoms with Gasteiger partial charge in [-0.25, -0.2) is 4.39 Å². The average molecular weight is 402 g/mol. The third-order valence-electron chi connectivity index (χ3n) is 8.78. The number of rotatable bonds is 6. The van der Waals surface area contributed by atoms with E-state index in [1.165, 1.54) is 5.56 Å². The van der Waals surface area contributed by atoms with E-state index >= 15 is 0 Å². The first-order valence-electron chi connectivity index (χ1n) is 11.5. The van der Waals surface area contributed by atoms with E-state index in [1.54, 1.807) is 0 Å². The summed E-state index contributed by atoms with van der Waals surface area (Å²) in [7, 11) is 0. The zero-order valence-corrected chi connectivity index (χ0v) is 17.3. The van der Waals surface area contributed by atoms with Crippen LogP contribution in [-0.2, 0) is 10.2 Å². The van der Waals surface area contributed by atoms with Crippen molar-refractivity contribution in [1.29, 1.82) is 0 Å². The van der Waals surface area contributed by atoms with Gasteiger partial charge in [-0.1, -0.05) is 30.3 Å². The third kappa shape index (κ3) is 3.26. The van der Waals surface area contributed by atoms with Gasteiger partial charge in [-0.3, -0.25) is 9.18 Å². The lowest BCUT2D eigenvalue weighted by Crippen LogP contribution is -2.61. The molecule has 29 heavy (non-hydrogen) atoms. The zero-order chi connectivity index (χ0) is 20.1. The van der Waals surface area contributed by atoms with E-state index in [0.717, 1.165) is 51.5 Å². The Kier molecular flexibility index (Phi) is 4.84. The highest BCUT2D eigenvalue weighted by Crippen LogP contribution is 2.71. The van der Waals surface area contributed by atoms with Gasteiger partial charge in [0.1, 0.15) is 12.0 Å². The number of halogens is 2. The van der Waals surface area contributed by atoms with E-state index in [4.69, 9.17) is 0 Å². The molecule has 158 valence electrons. The average Bonchev–Trinajstić information content (AvgIpc) is 2.69. The largest absolute Gasteiger partial charge is 0.314 e. The van der Waals surface area contributed by atoms with Crippen molar-refractivity contribution in [3.63, 3.8) is 0 Å². The Bertz CT molecular complexity index is 769. The summed E-state index contributed by atoms with van der Waals surface area (Å²) in [5.74, 6) is 0.623. The van der Waals surface area contributed by atoms with Crippen molar-refractivity contribution >= 4 is 5.78 Å². The Morgan fingerprint density at radius 1 is 1.10 bits per heavy atom. The molecular weight excluding hydrogens is 368 g/mol. The molecule has 1 aromatic carbocycles. The van der Waals surface area contributed by atoms with E-state index in [1.807, 2.05) is 6.07 Å². The third-order valence-corrected chi connectivity index (χ3v) is 8.78. The fourth-order valence-electron chi connectivity index (χ4n) is 8.10. The van der Waals surface area contributed by atoms with Crippen LogP contribution in [0.5, 0.6) is 0 Å². The van der Waals surface area contributed by atoms with Gasteiger partial charge in [-0.2, -0.15) is 0 Å². The van der Waals surface area contributed by atoms with Crippen LogP contribution in [0.2, 0.25) is 0 Å². The van der Waals surface area contributed by atoms with Gasteiger partial charge in [0.15, 0.2) is 0 Å². The summed E-state index contributed by atoms with van der Waals surface area (Å²) in [5, 5.41) is 3.10. The van der Waals surface area contributed by atoms with E-state index in [-0.39, 0.29) is 34.6 Å². The van der Waals surface area contributed by atoms with Crippen molar-refractivity contribution in [3.8, 4) is 0 Å². The number of carbonyl (C=O) groups is 1. The van der Waals surface area contributed by atoms with E-state index < -0.39 is 6.17 Å². The molecular formula is C25H33F2NO. The van der Waals surface area contributed by atoms with Gasteiger partial charge in [0.2, 0.25) is 0 Å². The van der Waals surface area contributed by atoms with Crippen molar-refractivity contribution in [2.24, 2.45) is 22.7 Å². The molecule has 0 radical (unpaired) electrons. The van der Waals surface area contributed by atoms with E-state index in [0.29, 0.717) is 25.3 Å². The molecule has 1 saturated heterocycles. The van der Waals surface area contributed by atoms with Crippen LogP contribution in [0, 0.1) is 22.7 Å². The Labute approximate surface area is 172 Å². The molecule has 5 fully saturated rings. The number of hydrogen-bond acceptors (Lipinski definition) is 2. The van der Waals surface area contributed by atoms with Crippen molar-refractivity contribution in [2.45, 2.75) is 69.4 Å². The Hall–Kier alpha value is -1.29. The number of benzene rings is 1. The van der Waals surface area contributed by atoms with Gasteiger partial charge < -0.3 is 5.32 Å². The van der Waals surface area contributed by atoms with Crippen LogP contribution in [0.1, 0.15) is 63.4 Å². The summed E-state index contributed by atoms with van der Waals surface area (Å²) in [6, 6.07) is 10.6. The van der Waals surface area contributed by atoms with Crippen molar-refractivity contribution in [3.05, 3.63) is 35.9 Å². The number of hydrogen-bond donors (Lipinski definition) is 1. The van der Waals surface area contributed by atoms with Crippen molar-refractivity contribution < 1.29 is 13.6 Å². The molecule has 2 unspecified atom stereocenters. The lowest BCUT2D eigenvalue weighted by atomic mass is 9.37. The molecule has 4 heteroatoms. The molecule has 2 nitrogen and oxygen atoms in total. The number of ketones is 1. The molecule has 0 amide bonds. The molecule has 5 aliphatic rings. The zero-order valence-electron chi connectivity index (χ0n) is 17.3. The number of alkyl halides is 2. The molecule has 1 N–H and O–H groups in total. The lowest BCUT2D eigenvalue weighted by molar-refractivity contribution is -0.163. The van der Waals surface area contributed by atoms with Crippen LogP contribution < -0.4 is 5.32 Å². The first kappa shape index (κ1) is 19.7. The SMILES string of the molecule is O=C(C[C@@H]1CCNC[C@@H]1F)C12CC3C[C@@](CCF)(C1)C[C@](c1ccccc1)(C3)C2. The highest BCUT2D eigenvalue weighted by molar-refractivity contribution is 5.86. The topological polar surface area (TPSA) is 29.1 Å².